The van der Waals surface area contributed by atoms with Crippen LogP contribution in [0.4, 0.5) is 19.0 Å². The first-order valence-corrected chi connectivity index (χ1v) is 8.77. The topological polar surface area (TPSA) is 70.6 Å². The minimum atomic E-state index is -4.37. The molecule has 3 N–H and O–H groups in total. The number of aromatic nitrogens is 1. The van der Waals surface area contributed by atoms with E-state index in [0.29, 0.717) is 31.4 Å². The Hall–Kier alpha value is -2.24. The maximum Gasteiger partial charge on any atom is 0.417 e. The molecular formula is C19H25F3IN5O. The molecule has 160 valence electrons. The van der Waals surface area contributed by atoms with E-state index in [0.717, 1.165) is 30.0 Å². The summed E-state index contributed by atoms with van der Waals surface area (Å²) in [6.07, 6.45) is -2.81. The van der Waals surface area contributed by atoms with E-state index >= 15 is 0 Å². The molecule has 10 heteroatoms. The van der Waals surface area contributed by atoms with Gasteiger partial charge < -0.3 is 20.7 Å². The third kappa shape index (κ3) is 8.75. The fourth-order valence-corrected chi connectivity index (χ4v) is 2.37. The molecule has 0 bridgehead atoms. The van der Waals surface area contributed by atoms with Gasteiger partial charge in [-0.15, -0.1) is 24.0 Å². The van der Waals surface area contributed by atoms with Crippen molar-refractivity contribution in [1.29, 1.82) is 0 Å². The molecule has 0 radical (unpaired) electrons. The van der Waals surface area contributed by atoms with Crippen LogP contribution in [0, 0.1) is 0 Å². The van der Waals surface area contributed by atoms with Crippen LogP contribution in [0.1, 0.15) is 17.5 Å². The molecule has 1 aromatic heterocycles. The smallest absolute Gasteiger partial charge is 0.417 e. The molecule has 6 nitrogen and oxygen atoms in total. The van der Waals surface area contributed by atoms with Crippen LogP contribution in [0.25, 0.3) is 0 Å². The second kappa shape index (κ2) is 12.3. The van der Waals surface area contributed by atoms with Gasteiger partial charge in [-0.05, 0) is 36.2 Å². The van der Waals surface area contributed by atoms with Crippen LogP contribution in [0.5, 0.6) is 5.75 Å². The number of rotatable bonds is 8. The van der Waals surface area contributed by atoms with Crippen molar-refractivity contribution in [3.63, 3.8) is 0 Å². The van der Waals surface area contributed by atoms with Gasteiger partial charge in [-0.2, -0.15) is 13.2 Å². The summed E-state index contributed by atoms with van der Waals surface area (Å²) >= 11 is 0. The van der Waals surface area contributed by atoms with E-state index in [1.165, 1.54) is 6.07 Å². The highest BCUT2D eigenvalue weighted by atomic mass is 127. The van der Waals surface area contributed by atoms with E-state index in [2.05, 4.69) is 25.9 Å². The summed E-state index contributed by atoms with van der Waals surface area (Å²) in [5, 5.41) is 9.38. The second-order valence-electron chi connectivity index (χ2n) is 5.91. The predicted octanol–water partition coefficient (Wildman–Crippen LogP) is 3.89. The number of ether oxygens (including phenoxy) is 1. The van der Waals surface area contributed by atoms with Gasteiger partial charge in [0.25, 0.3) is 0 Å². The van der Waals surface area contributed by atoms with E-state index in [9.17, 15) is 13.2 Å². The molecule has 0 unspecified atom stereocenters. The van der Waals surface area contributed by atoms with Gasteiger partial charge in [0.2, 0.25) is 0 Å². The highest BCUT2D eigenvalue weighted by Crippen LogP contribution is 2.28. The average molecular weight is 523 g/mol. The van der Waals surface area contributed by atoms with Crippen molar-refractivity contribution >= 4 is 35.8 Å². The quantitative estimate of drug-likeness (QED) is 0.212. The molecule has 29 heavy (non-hydrogen) atoms. The van der Waals surface area contributed by atoms with Gasteiger partial charge in [0, 0.05) is 32.9 Å². The van der Waals surface area contributed by atoms with Crippen LogP contribution in [0.2, 0.25) is 0 Å². The summed E-state index contributed by atoms with van der Waals surface area (Å²) in [5.41, 5.74) is 0.308. The molecule has 0 amide bonds. The number of nitrogens with zero attached hydrogens (tertiary/aromatic N) is 2. The van der Waals surface area contributed by atoms with Crippen molar-refractivity contribution in [2.45, 2.75) is 19.1 Å². The fraction of sp³-hybridized carbons (Fsp3) is 0.368. The molecule has 0 fully saturated rings. The molecular weight excluding hydrogens is 498 g/mol. The molecule has 0 saturated heterocycles. The summed E-state index contributed by atoms with van der Waals surface area (Å²) in [4.78, 5) is 7.93. The van der Waals surface area contributed by atoms with Gasteiger partial charge in [0.05, 0.1) is 12.7 Å². The van der Waals surface area contributed by atoms with E-state index in [-0.39, 0.29) is 24.0 Å². The Labute approximate surface area is 185 Å². The molecule has 2 rings (SSSR count). The predicted molar refractivity (Wildman–Crippen MR) is 119 cm³/mol. The normalized spacial score (nSPS) is 11.4. The van der Waals surface area contributed by atoms with Crippen molar-refractivity contribution in [3.8, 4) is 5.75 Å². The van der Waals surface area contributed by atoms with Crippen LogP contribution in [0.3, 0.4) is 0 Å². The number of aliphatic imine (C=N–C) groups is 1. The number of alkyl halides is 3. The maximum atomic E-state index is 12.5. The van der Waals surface area contributed by atoms with Crippen LogP contribution in [0.15, 0.2) is 47.6 Å². The van der Waals surface area contributed by atoms with Gasteiger partial charge >= 0.3 is 6.18 Å². The van der Waals surface area contributed by atoms with E-state index in [1.54, 1.807) is 14.2 Å². The Morgan fingerprint density at radius 1 is 1.14 bits per heavy atom. The lowest BCUT2D eigenvalue weighted by atomic mass is 10.2. The molecule has 0 aliphatic heterocycles. The first-order chi connectivity index (χ1) is 13.4. The zero-order valence-electron chi connectivity index (χ0n) is 16.2. The van der Waals surface area contributed by atoms with Crippen molar-refractivity contribution in [2.75, 3.05) is 32.6 Å². The third-order valence-corrected chi connectivity index (χ3v) is 3.86. The number of halogens is 4. The lowest BCUT2D eigenvalue weighted by molar-refractivity contribution is -0.137. The number of hydrogen-bond acceptors (Lipinski definition) is 4. The first-order valence-electron chi connectivity index (χ1n) is 8.77. The van der Waals surface area contributed by atoms with Crippen LogP contribution in [-0.4, -0.2) is 38.2 Å². The van der Waals surface area contributed by atoms with Crippen molar-refractivity contribution in [1.82, 2.24) is 15.6 Å². The molecule has 0 saturated carbocycles. The Kier molecular flexibility index (Phi) is 10.6. The van der Waals surface area contributed by atoms with Crippen molar-refractivity contribution in [2.24, 2.45) is 4.99 Å². The highest BCUT2D eigenvalue weighted by Gasteiger charge is 2.30. The first kappa shape index (κ1) is 24.8. The summed E-state index contributed by atoms with van der Waals surface area (Å²) < 4.78 is 42.7. The Balaban J connectivity index is 0.00000420. The summed E-state index contributed by atoms with van der Waals surface area (Å²) in [5.74, 6) is 1.87. The van der Waals surface area contributed by atoms with E-state index < -0.39 is 11.7 Å². The largest absolute Gasteiger partial charge is 0.497 e. The van der Waals surface area contributed by atoms with E-state index in [1.807, 2.05) is 24.3 Å². The van der Waals surface area contributed by atoms with Gasteiger partial charge in [-0.25, -0.2) is 4.98 Å². The summed E-state index contributed by atoms with van der Waals surface area (Å²) in [6, 6.07) is 10.1. The Morgan fingerprint density at radius 2 is 1.93 bits per heavy atom. The van der Waals surface area contributed by atoms with Crippen LogP contribution < -0.4 is 20.7 Å². The summed E-state index contributed by atoms with van der Waals surface area (Å²) in [6.45, 7) is 1.81. The highest BCUT2D eigenvalue weighted by molar-refractivity contribution is 14.0. The zero-order valence-corrected chi connectivity index (χ0v) is 18.5. The monoisotopic (exact) mass is 523 g/mol. The molecule has 0 spiro atoms. The standard InChI is InChI=1S/C19H24F3N5O.HI/c1-23-18(27-12-14-5-3-6-16(11-14)28-2)25-10-4-9-24-17-8-7-15(13-26-17)19(20,21)22;/h3,5-8,11,13H,4,9-10,12H2,1-2H3,(H,24,26)(H2,23,25,27);1H. The molecule has 1 aromatic carbocycles. The van der Waals surface area contributed by atoms with Crippen molar-refractivity contribution in [3.05, 3.63) is 53.7 Å². The molecule has 0 atom stereocenters. The molecule has 1 heterocycles. The molecule has 2 aromatic rings. The number of anilines is 1. The molecule has 0 aliphatic carbocycles. The van der Waals surface area contributed by atoms with Crippen molar-refractivity contribution < 1.29 is 17.9 Å². The van der Waals surface area contributed by atoms with Gasteiger partial charge in [0.1, 0.15) is 11.6 Å². The number of guanidine groups is 1. The fourth-order valence-electron chi connectivity index (χ4n) is 2.37. The number of methoxy groups -OCH3 is 1. The Morgan fingerprint density at radius 3 is 2.55 bits per heavy atom. The average Bonchev–Trinajstić information content (AvgIpc) is 2.70. The Bertz CT molecular complexity index is 769. The van der Waals surface area contributed by atoms with Crippen LogP contribution in [-0.2, 0) is 12.7 Å². The lowest BCUT2D eigenvalue weighted by Gasteiger charge is -2.13. The number of hydrogen-bond donors (Lipinski definition) is 3. The number of benzene rings is 1. The van der Waals surface area contributed by atoms with Crippen LogP contribution >= 0.6 is 24.0 Å². The third-order valence-electron chi connectivity index (χ3n) is 3.86. The van der Waals surface area contributed by atoms with E-state index in [4.69, 9.17) is 4.74 Å². The SMILES string of the molecule is CN=C(NCCCNc1ccc(C(F)(F)F)cn1)NCc1cccc(OC)c1.I. The zero-order chi connectivity index (χ0) is 20.4. The summed E-state index contributed by atoms with van der Waals surface area (Å²) in [7, 11) is 3.31. The minimum absolute atomic E-state index is 0. The van der Waals surface area contributed by atoms with Gasteiger partial charge in [0.15, 0.2) is 5.96 Å². The van der Waals surface area contributed by atoms with Gasteiger partial charge in [-0.1, -0.05) is 12.1 Å². The minimum Gasteiger partial charge on any atom is -0.497 e. The maximum absolute atomic E-state index is 12.5. The lowest BCUT2D eigenvalue weighted by Crippen LogP contribution is -2.37. The van der Waals surface area contributed by atoms with Gasteiger partial charge in [-0.3, -0.25) is 4.99 Å². The molecule has 0 aliphatic rings. The number of nitrogens with one attached hydrogen (secondary N) is 3. The second-order valence-corrected chi connectivity index (χ2v) is 5.91. The number of pyridine rings is 1.